The zero-order valence-electron chi connectivity index (χ0n) is 19.5. The lowest BCUT2D eigenvalue weighted by molar-refractivity contribution is -0.117. The Kier molecular flexibility index (Phi) is 9.04. The van der Waals surface area contributed by atoms with Gasteiger partial charge >= 0.3 is 5.97 Å². The second-order valence-electron chi connectivity index (χ2n) is 7.89. The van der Waals surface area contributed by atoms with Crippen molar-refractivity contribution in [2.45, 2.75) is 11.3 Å². The summed E-state index contributed by atoms with van der Waals surface area (Å²) < 4.78 is 0. The van der Waals surface area contributed by atoms with E-state index in [4.69, 9.17) is 46.4 Å². The third-order valence-electron chi connectivity index (χ3n) is 5.25. The van der Waals surface area contributed by atoms with Crippen LogP contribution in [0.1, 0.15) is 27.1 Å². The number of thioether (sulfide) groups is 1. The number of hydrazone groups is 1. The molecule has 200 valence electrons. The van der Waals surface area contributed by atoms with E-state index >= 15 is 0 Å². The van der Waals surface area contributed by atoms with Crippen molar-refractivity contribution in [2.75, 3.05) is 16.1 Å². The van der Waals surface area contributed by atoms with Gasteiger partial charge in [0.2, 0.25) is 5.91 Å². The summed E-state index contributed by atoms with van der Waals surface area (Å²) in [6, 6.07) is 15.3. The minimum absolute atomic E-state index is 0.0165. The van der Waals surface area contributed by atoms with Crippen LogP contribution in [0.5, 0.6) is 0 Å². The number of hydrogen-bond acceptors (Lipinski definition) is 6. The number of benzene rings is 3. The van der Waals surface area contributed by atoms with E-state index in [1.807, 2.05) is 6.07 Å². The maximum atomic E-state index is 12.9. The van der Waals surface area contributed by atoms with E-state index in [0.717, 1.165) is 0 Å². The topological polar surface area (TPSA) is 128 Å². The number of halogens is 4. The maximum absolute atomic E-state index is 12.9. The molecule has 3 N–H and O–H groups in total. The Labute approximate surface area is 246 Å². The fourth-order valence-corrected chi connectivity index (χ4v) is 5.21. The maximum Gasteiger partial charge on any atom is 0.338 e. The van der Waals surface area contributed by atoms with Gasteiger partial charge in [-0.3, -0.25) is 14.4 Å². The Bertz CT molecular complexity index is 1520. The fraction of sp³-hybridized carbons (Fsp3) is 0.0800. The number of anilines is 2. The van der Waals surface area contributed by atoms with Crippen LogP contribution in [0.3, 0.4) is 0 Å². The van der Waals surface area contributed by atoms with Crippen molar-refractivity contribution < 1.29 is 24.3 Å². The van der Waals surface area contributed by atoms with E-state index in [-0.39, 0.29) is 44.9 Å². The first-order valence-corrected chi connectivity index (χ1v) is 13.4. The molecule has 3 amide bonds. The van der Waals surface area contributed by atoms with E-state index < -0.39 is 28.0 Å². The van der Waals surface area contributed by atoms with Crippen molar-refractivity contribution >= 4 is 99.1 Å². The molecule has 0 unspecified atom stereocenters. The molecule has 1 heterocycles. The summed E-state index contributed by atoms with van der Waals surface area (Å²) in [4.78, 5) is 49.9. The molecule has 0 aliphatic carbocycles. The molecule has 1 aliphatic heterocycles. The number of nitrogens with one attached hydrogen (secondary N) is 2. The van der Waals surface area contributed by atoms with Crippen molar-refractivity contribution in [2.24, 2.45) is 5.10 Å². The first-order chi connectivity index (χ1) is 18.6. The lowest BCUT2D eigenvalue weighted by atomic mass is 10.1. The third kappa shape index (κ3) is 6.48. The van der Waals surface area contributed by atoms with E-state index in [1.54, 1.807) is 48.5 Å². The van der Waals surface area contributed by atoms with Crippen LogP contribution < -0.4 is 15.6 Å². The second-order valence-corrected chi connectivity index (χ2v) is 10.5. The number of carbonyl (C=O) groups excluding carboxylic acids is 3. The number of carbonyl (C=O) groups is 4. The summed E-state index contributed by atoms with van der Waals surface area (Å²) in [7, 11) is 0. The van der Waals surface area contributed by atoms with Gasteiger partial charge in [0.1, 0.15) is 5.84 Å². The number of aromatic carboxylic acids is 1. The van der Waals surface area contributed by atoms with Gasteiger partial charge in [-0.05, 0) is 36.4 Å². The SMILES string of the molecule is O=C(CSc1ccc(NC(=O)c2c(Cl)c(Cl)c(Cl)c(Cl)c2C(=O)O)cc1)NC1=NN(c2ccccc2)C(=O)C1. The van der Waals surface area contributed by atoms with E-state index in [1.165, 1.54) is 16.8 Å². The Morgan fingerprint density at radius 3 is 2.10 bits per heavy atom. The van der Waals surface area contributed by atoms with Crippen LogP contribution in [-0.4, -0.2) is 40.4 Å². The van der Waals surface area contributed by atoms with Crippen molar-refractivity contribution in [3.05, 3.63) is 85.8 Å². The largest absolute Gasteiger partial charge is 0.478 e. The molecule has 0 radical (unpaired) electrons. The molecule has 0 fully saturated rings. The lowest BCUT2D eigenvalue weighted by Crippen LogP contribution is -2.31. The first-order valence-electron chi connectivity index (χ1n) is 11.0. The molecule has 0 aromatic heterocycles. The highest BCUT2D eigenvalue weighted by molar-refractivity contribution is 8.00. The number of amides is 3. The van der Waals surface area contributed by atoms with Gasteiger partial charge in [-0.15, -0.1) is 11.8 Å². The minimum Gasteiger partial charge on any atom is -0.478 e. The Morgan fingerprint density at radius 2 is 1.49 bits per heavy atom. The van der Waals surface area contributed by atoms with Gasteiger partial charge in [0.25, 0.3) is 11.8 Å². The highest BCUT2D eigenvalue weighted by Crippen LogP contribution is 2.41. The Balaban J connectivity index is 1.36. The summed E-state index contributed by atoms with van der Waals surface area (Å²) >= 11 is 25.3. The predicted molar refractivity (Wildman–Crippen MR) is 153 cm³/mol. The highest BCUT2D eigenvalue weighted by atomic mass is 35.5. The van der Waals surface area contributed by atoms with Crippen LogP contribution in [0.25, 0.3) is 0 Å². The monoisotopic (exact) mass is 624 g/mol. The first kappa shape index (κ1) is 28.7. The highest BCUT2D eigenvalue weighted by Gasteiger charge is 2.29. The quantitative estimate of drug-likeness (QED) is 0.163. The normalized spacial score (nSPS) is 12.8. The van der Waals surface area contributed by atoms with Gasteiger partial charge in [0.05, 0.1) is 49.1 Å². The molecule has 4 rings (SSSR count). The molecule has 0 saturated carbocycles. The number of para-hydroxylation sites is 1. The summed E-state index contributed by atoms with van der Waals surface area (Å²) in [6.45, 7) is 0. The fourth-order valence-electron chi connectivity index (χ4n) is 3.49. The molecule has 9 nitrogen and oxygen atoms in total. The molecule has 0 atom stereocenters. The molecule has 1 aliphatic rings. The van der Waals surface area contributed by atoms with Gasteiger partial charge in [-0.2, -0.15) is 10.1 Å². The molecule has 14 heteroatoms. The van der Waals surface area contributed by atoms with Crippen LogP contribution in [0.2, 0.25) is 20.1 Å². The summed E-state index contributed by atoms with van der Waals surface area (Å²) in [5.41, 5.74) is -0.0784. The van der Waals surface area contributed by atoms with Gasteiger partial charge in [0.15, 0.2) is 0 Å². The van der Waals surface area contributed by atoms with Crippen molar-refractivity contribution in [3.63, 3.8) is 0 Å². The van der Waals surface area contributed by atoms with Crippen LogP contribution in [-0.2, 0) is 9.59 Å². The number of carboxylic acid groups (broad SMARTS) is 1. The number of carboxylic acids is 1. The molecule has 0 saturated heterocycles. The number of nitrogens with zero attached hydrogens (tertiary/aromatic N) is 2. The number of amidine groups is 1. The van der Waals surface area contributed by atoms with Gasteiger partial charge in [-0.1, -0.05) is 64.6 Å². The minimum atomic E-state index is -1.50. The summed E-state index contributed by atoms with van der Waals surface area (Å²) in [5.74, 6) is -2.64. The molecule has 39 heavy (non-hydrogen) atoms. The molecule has 0 bridgehead atoms. The van der Waals surface area contributed by atoms with E-state index in [0.29, 0.717) is 16.3 Å². The molecule has 3 aromatic carbocycles. The molecular formula is C25H16Cl4N4O5S. The zero-order chi connectivity index (χ0) is 28.3. The van der Waals surface area contributed by atoms with Crippen molar-refractivity contribution in [1.82, 2.24) is 5.32 Å². The average molecular weight is 626 g/mol. The van der Waals surface area contributed by atoms with Crippen molar-refractivity contribution in [1.29, 1.82) is 0 Å². The molecule has 0 spiro atoms. The predicted octanol–water partition coefficient (Wildman–Crippen LogP) is 6.21. The third-order valence-corrected chi connectivity index (χ3v) is 8.06. The van der Waals surface area contributed by atoms with Crippen LogP contribution in [0.15, 0.2) is 64.6 Å². The van der Waals surface area contributed by atoms with Gasteiger partial charge < -0.3 is 15.7 Å². The number of rotatable bonds is 7. The average Bonchev–Trinajstić information content (AvgIpc) is 3.28. The zero-order valence-corrected chi connectivity index (χ0v) is 23.3. The van der Waals surface area contributed by atoms with Crippen molar-refractivity contribution in [3.8, 4) is 0 Å². The van der Waals surface area contributed by atoms with Gasteiger partial charge in [0, 0.05) is 10.6 Å². The molecule has 3 aromatic rings. The molecular weight excluding hydrogens is 610 g/mol. The van der Waals surface area contributed by atoms with Gasteiger partial charge in [-0.25, -0.2) is 4.79 Å². The number of hydrogen-bond donors (Lipinski definition) is 3. The summed E-state index contributed by atoms with van der Waals surface area (Å²) in [6.07, 6.45) is -0.0165. The standard InChI is InChI=1S/C25H16Cl4N4O5S/c26-20-18(19(25(37)38)21(27)23(29)22(20)28)24(36)30-12-6-8-14(9-7-12)39-11-16(34)31-15-10-17(35)33(32-15)13-4-2-1-3-5-13/h1-9H,10-11H2,(H,30,36)(H,37,38)(H,31,32,34). The Morgan fingerprint density at radius 1 is 0.872 bits per heavy atom. The van der Waals surface area contributed by atoms with Crippen LogP contribution in [0, 0.1) is 0 Å². The van der Waals surface area contributed by atoms with Crippen LogP contribution >= 0.6 is 58.2 Å². The van der Waals surface area contributed by atoms with E-state index in [2.05, 4.69) is 15.7 Å². The Hall–Kier alpha value is -3.28. The van der Waals surface area contributed by atoms with Crippen LogP contribution in [0.4, 0.5) is 11.4 Å². The summed E-state index contributed by atoms with van der Waals surface area (Å²) in [5, 5.41) is 18.9. The van der Waals surface area contributed by atoms with E-state index in [9.17, 15) is 24.3 Å². The smallest absolute Gasteiger partial charge is 0.338 e. The second kappa shape index (κ2) is 12.3. The lowest BCUT2D eigenvalue weighted by Gasteiger charge is -2.14.